The third-order valence-electron chi connectivity index (χ3n) is 4.14. The van der Waals surface area contributed by atoms with Gasteiger partial charge in [0.1, 0.15) is 0 Å². The van der Waals surface area contributed by atoms with Gasteiger partial charge in [-0.25, -0.2) is 0 Å². The Morgan fingerprint density at radius 2 is 1.85 bits per heavy atom. The SMILES string of the molecule is Cc1ccc(C(N[C@H](C)c2cccnc2)C2CC2)cc1. The number of nitrogens with zero attached hydrogens (tertiary/aromatic N) is 1. The van der Waals surface area contributed by atoms with Crippen LogP contribution >= 0.6 is 0 Å². The minimum atomic E-state index is 0.329. The maximum absolute atomic E-state index is 4.22. The molecule has 0 spiro atoms. The van der Waals surface area contributed by atoms with Crippen LogP contribution in [0.1, 0.15) is 48.5 Å². The molecule has 2 aromatic rings. The van der Waals surface area contributed by atoms with Crippen molar-refractivity contribution in [2.75, 3.05) is 0 Å². The molecular weight excluding hydrogens is 244 g/mol. The normalized spacial score (nSPS) is 17.7. The van der Waals surface area contributed by atoms with Crippen LogP contribution in [0.3, 0.4) is 0 Å². The highest BCUT2D eigenvalue weighted by Gasteiger charge is 2.33. The van der Waals surface area contributed by atoms with Crippen molar-refractivity contribution in [3.8, 4) is 0 Å². The smallest absolute Gasteiger partial charge is 0.0353 e. The molecule has 1 N–H and O–H groups in total. The number of pyridine rings is 1. The summed E-state index contributed by atoms with van der Waals surface area (Å²) in [5, 5.41) is 3.79. The zero-order valence-corrected chi connectivity index (χ0v) is 12.2. The largest absolute Gasteiger partial charge is 0.303 e. The van der Waals surface area contributed by atoms with E-state index >= 15 is 0 Å². The van der Waals surface area contributed by atoms with Gasteiger partial charge < -0.3 is 5.32 Å². The Balaban J connectivity index is 1.76. The lowest BCUT2D eigenvalue weighted by Gasteiger charge is -2.24. The molecule has 3 rings (SSSR count). The fourth-order valence-corrected chi connectivity index (χ4v) is 2.71. The number of hydrogen-bond donors (Lipinski definition) is 1. The minimum Gasteiger partial charge on any atom is -0.303 e. The second-order valence-corrected chi connectivity index (χ2v) is 5.90. The molecule has 104 valence electrons. The zero-order chi connectivity index (χ0) is 13.9. The summed E-state index contributed by atoms with van der Waals surface area (Å²) in [6.07, 6.45) is 6.46. The van der Waals surface area contributed by atoms with Gasteiger partial charge in [0.2, 0.25) is 0 Å². The molecule has 0 aliphatic heterocycles. The Hall–Kier alpha value is -1.67. The van der Waals surface area contributed by atoms with Crippen LogP contribution in [0, 0.1) is 12.8 Å². The molecule has 1 saturated carbocycles. The van der Waals surface area contributed by atoms with Gasteiger partial charge in [-0.3, -0.25) is 4.98 Å². The standard InChI is InChI=1S/C18H22N2/c1-13-5-7-15(8-6-13)18(16-9-10-16)20-14(2)17-4-3-11-19-12-17/h3-8,11-12,14,16,18,20H,9-10H2,1-2H3/t14-,18?/m1/s1. The van der Waals surface area contributed by atoms with Gasteiger partial charge in [-0.1, -0.05) is 35.9 Å². The van der Waals surface area contributed by atoms with E-state index in [1.54, 1.807) is 0 Å². The molecule has 0 amide bonds. The topological polar surface area (TPSA) is 24.9 Å². The molecule has 0 bridgehead atoms. The molecular formula is C18H22N2. The Morgan fingerprint density at radius 1 is 1.10 bits per heavy atom. The van der Waals surface area contributed by atoms with E-state index in [0.29, 0.717) is 12.1 Å². The van der Waals surface area contributed by atoms with E-state index in [2.05, 4.69) is 54.5 Å². The van der Waals surface area contributed by atoms with E-state index < -0.39 is 0 Å². The maximum Gasteiger partial charge on any atom is 0.0353 e. The van der Waals surface area contributed by atoms with E-state index in [1.165, 1.54) is 29.5 Å². The lowest BCUT2D eigenvalue weighted by Crippen LogP contribution is -2.26. The van der Waals surface area contributed by atoms with Crippen LogP contribution in [0.4, 0.5) is 0 Å². The van der Waals surface area contributed by atoms with Gasteiger partial charge in [0.05, 0.1) is 0 Å². The van der Waals surface area contributed by atoms with Gasteiger partial charge in [-0.2, -0.15) is 0 Å². The second-order valence-electron chi connectivity index (χ2n) is 5.90. The Kier molecular flexibility index (Phi) is 3.83. The molecule has 1 aliphatic rings. The summed E-state index contributed by atoms with van der Waals surface area (Å²) in [6.45, 7) is 4.36. The number of aryl methyl sites for hydroxylation is 1. The lowest BCUT2D eigenvalue weighted by molar-refractivity contribution is 0.427. The number of aromatic nitrogens is 1. The van der Waals surface area contributed by atoms with Crippen molar-refractivity contribution < 1.29 is 0 Å². The second kappa shape index (κ2) is 5.76. The highest BCUT2D eigenvalue weighted by Crippen LogP contribution is 2.42. The molecule has 2 atom stereocenters. The van der Waals surface area contributed by atoms with Crippen LogP contribution in [0.15, 0.2) is 48.8 Å². The fourth-order valence-electron chi connectivity index (χ4n) is 2.71. The van der Waals surface area contributed by atoms with Gasteiger partial charge in [0, 0.05) is 24.5 Å². The lowest BCUT2D eigenvalue weighted by atomic mass is 9.99. The molecule has 0 radical (unpaired) electrons. The van der Waals surface area contributed by atoms with Crippen molar-refractivity contribution >= 4 is 0 Å². The fraction of sp³-hybridized carbons (Fsp3) is 0.389. The number of hydrogen-bond acceptors (Lipinski definition) is 2. The van der Waals surface area contributed by atoms with Crippen molar-refractivity contribution in [1.82, 2.24) is 10.3 Å². The average molecular weight is 266 g/mol. The molecule has 0 saturated heterocycles. The highest BCUT2D eigenvalue weighted by molar-refractivity contribution is 5.26. The maximum atomic E-state index is 4.22. The molecule has 2 heteroatoms. The molecule has 1 aromatic carbocycles. The first-order valence-corrected chi connectivity index (χ1v) is 7.46. The number of rotatable bonds is 5. The minimum absolute atomic E-state index is 0.329. The van der Waals surface area contributed by atoms with E-state index in [4.69, 9.17) is 0 Å². The van der Waals surface area contributed by atoms with Crippen molar-refractivity contribution in [2.24, 2.45) is 5.92 Å². The first kappa shape index (κ1) is 13.3. The van der Waals surface area contributed by atoms with Crippen molar-refractivity contribution in [2.45, 2.75) is 38.8 Å². The van der Waals surface area contributed by atoms with Crippen molar-refractivity contribution in [1.29, 1.82) is 0 Å². The molecule has 1 heterocycles. The van der Waals surface area contributed by atoms with Crippen LogP contribution in [0.2, 0.25) is 0 Å². The summed E-state index contributed by atoms with van der Waals surface area (Å²) >= 11 is 0. The van der Waals surface area contributed by atoms with Gasteiger partial charge >= 0.3 is 0 Å². The van der Waals surface area contributed by atoms with Gasteiger partial charge in [0.25, 0.3) is 0 Å². The van der Waals surface area contributed by atoms with E-state index in [0.717, 1.165) is 5.92 Å². The molecule has 1 aromatic heterocycles. The predicted molar refractivity (Wildman–Crippen MR) is 82.4 cm³/mol. The van der Waals surface area contributed by atoms with Crippen LogP contribution in [0.25, 0.3) is 0 Å². The molecule has 1 unspecified atom stereocenters. The Bertz CT molecular complexity index is 543. The summed E-state index contributed by atoms with van der Waals surface area (Å²) in [6, 6.07) is 13.9. The number of benzene rings is 1. The average Bonchev–Trinajstić information content (AvgIpc) is 3.31. The monoisotopic (exact) mass is 266 g/mol. The van der Waals surface area contributed by atoms with Gasteiger partial charge in [-0.15, -0.1) is 0 Å². The number of nitrogens with one attached hydrogen (secondary N) is 1. The van der Waals surface area contributed by atoms with E-state index in [1.807, 2.05) is 18.5 Å². The molecule has 2 nitrogen and oxygen atoms in total. The Labute approximate surface area is 121 Å². The quantitative estimate of drug-likeness (QED) is 0.877. The molecule has 1 aliphatic carbocycles. The van der Waals surface area contributed by atoms with Crippen LogP contribution < -0.4 is 5.32 Å². The van der Waals surface area contributed by atoms with E-state index in [-0.39, 0.29) is 0 Å². The first-order valence-electron chi connectivity index (χ1n) is 7.46. The summed E-state index contributed by atoms with van der Waals surface area (Å²) in [5.41, 5.74) is 3.99. The zero-order valence-electron chi connectivity index (χ0n) is 12.2. The molecule has 20 heavy (non-hydrogen) atoms. The van der Waals surface area contributed by atoms with Gasteiger partial charge in [-0.05, 0) is 49.8 Å². The Morgan fingerprint density at radius 3 is 2.45 bits per heavy atom. The summed E-state index contributed by atoms with van der Waals surface area (Å²) < 4.78 is 0. The summed E-state index contributed by atoms with van der Waals surface area (Å²) in [4.78, 5) is 4.22. The van der Waals surface area contributed by atoms with Crippen molar-refractivity contribution in [3.63, 3.8) is 0 Å². The third-order valence-corrected chi connectivity index (χ3v) is 4.14. The van der Waals surface area contributed by atoms with Crippen molar-refractivity contribution in [3.05, 3.63) is 65.5 Å². The van der Waals surface area contributed by atoms with E-state index in [9.17, 15) is 0 Å². The predicted octanol–water partition coefficient (Wildman–Crippen LogP) is 4.19. The first-order chi connectivity index (χ1) is 9.74. The summed E-state index contributed by atoms with van der Waals surface area (Å²) in [5.74, 6) is 0.789. The summed E-state index contributed by atoms with van der Waals surface area (Å²) in [7, 11) is 0. The van der Waals surface area contributed by atoms with Crippen LogP contribution in [-0.2, 0) is 0 Å². The third kappa shape index (κ3) is 3.07. The highest BCUT2D eigenvalue weighted by atomic mass is 15.0. The molecule has 1 fully saturated rings. The van der Waals surface area contributed by atoms with Crippen LogP contribution in [0.5, 0.6) is 0 Å². The van der Waals surface area contributed by atoms with Crippen LogP contribution in [-0.4, -0.2) is 4.98 Å². The van der Waals surface area contributed by atoms with Gasteiger partial charge in [0.15, 0.2) is 0 Å².